The van der Waals surface area contributed by atoms with Crippen molar-refractivity contribution in [1.82, 2.24) is 9.88 Å². The Morgan fingerprint density at radius 2 is 1.77 bits per heavy atom. The van der Waals surface area contributed by atoms with Gasteiger partial charge in [0.1, 0.15) is 5.25 Å². The Morgan fingerprint density at radius 1 is 1.03 bits per heavy atom. The van der Waals surface area contributed by atoms with E-state index in [1.54, 1.807) is 54.5 Å². The fourth-order valence-corrected chi connectivity index (χ4v) is 7.33. The van der Waals surface area contributed by atoms with Crippen LogP contribution in [0.4, 0.5) is 5.69 Å². The second-order valence-electron chi connectivity index (χ2n) is 8.21. The maximum atomic E-state index is 13.5. The molecule has 1 aromatic heterocycles. The van der Waals surface area contributed by atoms with Crippen molar-refractivity contribution in [3.8, 4) is 23.3 Å². The van der Waals surface area contributed by atoms with E-state index in [2.05, 4.69) is 11.1 Å². The van der Waals surface area contributed by atoms with Crippen molar-refractivity contribution in [2.45, 2.75) is 10.1 Å². The van der Waals surface area contributed by atoms with Gasteiger partial charge in [-0.1, -0.05) is 18.2 Å². The molecule has 1 fully saturated rings. The predicted molar refractivity (Wildman–Crippen MR) is 132 cm³/mol. The van der Waals surface area contributed by atoms with E-state index in [1.807, 2.05) is 18.2 Å². The van der Waals surface area contributed by atoms with E-state index in [-0.39, 0.29) is 19.0 Å². The van der Waals surface area contributed by atoms with E-state index in [1.165, 1.54) is 15.3 Å². The molecule has 3 aromatic rings. The molecule has 2 aliphatic heterocycles. The van der Waals surface area contributed by atoms with Crippen molar-refractivity contribution < 1.29 is 13.2 Å². The Hall–Kier alpha value is -3.86. The number of carbonyl (C=O) groups excluding carboxylic acids is 1. The Balaban J connectivity index is 1.37. The van der Waals surface area contributed by atoms with Crippen LogP contribution in [0.25, 0.3) is 11.1 Å². The number of pyridine rings is 1. The lowest BCUT2D eigenvalue weighted by molar-refractivity contribution is 0.0658. The summed E-state index contributed by atoms with van der Waals surface area (Å²) in [5, 5.41) is 17.4. The number of aromatic nitrogens is 1. The van der Waals surface area contributed by atoms with Crippen LogP contribution >= 0.6 is 11.8 Å². The minimum atomic E-state index is -3.72. The van der Waals surface area contributed by atoms with Gasteiger partial charge in [-0.05, 0) is 35.9 Å². The van der Waals surface area contributed by atoms with Gasteiger partial charge in [-0.3, -0.25) is 14.1 Å². The first-order chi connectivity index (χ1) is 16.9. The molecule has 3 heterocycles. The molecule has 0 spiro atoms. The van der Waals surface area contributed by atoms with Crippen LogP contribution in [-0.2, 0) is 10.0 Å². The normalized spacial score (nSPS) is 15.5. The lowest BCUT2D eigenvalue weighted by Gasteiger charge is -2.42. The molecular formula is C25H19N5O3S2. The molecule has 174 valence electrons. The zero-order valence-corrected chi connectivity index (χ0v) is 20.1. The number of rotatable bonds is 4. The van der Waals surface area contributed by atoms with Crippen molar-refractivity contribution in [1.29, 1.82) is 10.5 Å². The number of sulfonamides is 1. The molecular weight excluding hydrogens is 482 g/mol. The number of benzene rings is 2. The number of nitrogens with zero attached hydrogens (tertiary/aromatic N) is 5. The monoisotopic (exact) mass is 501 g/mol. The van der Waals surface area contributed by atoms with Crippen LogP contribution in [-0.4, -0.2) is 54.8 Å². The first-order valence-electron chi connectivity index (χ1n) is 10.8. The highest BCUT2D eigenvalue weighted by Gasteiger charge is 2.44. The van der Waals surface area contributed by atoms with Crippen molar-refractivity contribution in [3.05, 3.63) is 77.6 Å². The summed E-state index contributed by atoms with van der Waals surface area (Å²) >= 11 is 1.58. The SMILES string of the molecule is N#Cc1ccc(-c2cncc3c2SCCN3S(=O)(=O)C2CN(C(=O)c3cccc(C#N)c3)C2)cc1. The molecule has 1 amide bonds. The van der Waals surface area contributed by atoms with Crippen LogP contribution in [0.3, 0.4) is 0 Å². The van der Waals surface area contributed by atoms with E-state index in [0.29, 0.717) is 34.7 Å². The number of anilines is 1. The summed E-state index contributed by atoms with van der Waals surface area (Å²) in [4.78, 5) is 19.4. The number of hydrogen-bond acceptors (Lipinski definition) is 7. The van der Waals surface area contributed by atoms with Gasteiger partial charge in [0.05, 0.1) is 35.1 Å². The number of nitriles is 2. The van der Waals surface area contributed by atoms with Gasteiger partial charge in [0.2, 0.25) is 10.0 Å². The van der Waals surface area contributed by atoms with Gasteiger partial charge in [0.25, 0.3) is 5.91 Å². The first-order valence-corrected chi connectivity index (χ1v) is 13.3. The van der Waals surface area contributed by atoms with Gasteiger partial charge in [-0.25, -0.2) is 8.42 Å². The topological polar surface area (TPSA) is 118 Å². The fourth-order valence-electron chi connectivity index (χ4n) is 4.19. The highest BCUT2D eigenvalue weighted by atomic mass is 32.2. The van der Waals surface area contributed by atoms with Gasteiger partial charge in [-0.15, -0.1) is 11.8 Å². The number of thioether (sulfide) groups is 1. The fraction of sp³-hybridized carbons (Fsp3) is 0.200. The molecule has 0 atom stereocenters. The summed E-state index contributed by atoms with van der Waals surface area (Å²) in [7, 11) is -3.72. The van der Waals surface area contributed by atoms with Crippen molar-refractivity contribution >= 4 is 33.4 Å². The van der Waals surface area contributed by atoms with Gasteiger partial charge >= 0.3 is 0 Å². The highest BCUT2D eigenvalue weighted by molar-refractivity contribution is 8.00. The zero-order chi connectivity index (χ0) is 24.6. The maximum Gasteiger partial charge on any atom is 0.253 e. The second-order valence-corrected chi connectivity index (χ2v) is 11.5. The third kappa shape index (κ3) is 4.12. The van der Waals surface area contributed by atoms with Gasteiger partial charge < -0.3 is 4.90 Å². The molecule has 0 N–H and O–H groups in total. The summed E-state index contributed by atoms with van der Waals surface area (Å²) in [5.41, 5.74) is 3.52. The molecule has 2 aliphatic rings. The Labute approximate surface area is 207 Å². The molecule has 0 saturated carbocycles. The van der Waals surface area contributed by atoms with Gasteiger partial charge in [-0.2, -0.15) is 10.5 Å². The Bertz CT molecular complexity index is 1500. The summed E-state index contributed by atoms with van der Waals surface area (Å²) in [5.74, 6) is 0.309. The van der Waals surface area contributed by atoms with E-state index >= 15 is 0 Å². The van der Waals surface area contributed by atoms with Crippen molar-refractivity contribution in [3.63, 3.8) is 0 Å². The predicted octanol–water partition coefficient (Wildman–Crippen LogP) is 3.26. The molecule has 35 heavy (non-hydrogen) atoms. The molecule has 0 unspecified atom stereocenters. The molecule has 1 saturated heterocycles. The van der Waals surface area contributed by atoms with Crippen molar-refractivity contribution in [2.24, 2.45) is 0 Å². The molecule has 0 aliphatic carbocycles. The second kappa shape index (κ2) is 9.06. The molecule has 10 heteroatoms. The van der Waals surface area contributed by atoms with Crippen LogP contribution in [0.5, 0.6) is 0 Å². The van der Waals surface area contributed by atoms with Crippen molar-refractivity contribution in [2.75, 3.05) is 29.7 Å². The number of hydrogen-bond donors (Lipinski definition) is 0. The molecule has 2 aromatic carbocycles. The van der Waals surface area contributed by atoms with Crippen LogP contribution in [0.1, 0.15) is 21.5 Å². The third-order valence-corrected chi connectivity index (χ3v) is 9.35. The molecule has 8 nitrogen and oxygen atoms in total. The number of carbonyl (C=O) groups is 1. The molecule has 0 bridgehead atoms. The van der Waals surface area contributed by atoms with Crippen LogP contribution < -0.4 is 4.31 Å². The van der Waals surface area contributed by atoms with E-state index < -0.39 is 15.3 Å². The average Bonchev–Trinajstić information content (AvgIpc) is 2.87. The Morgan fingerprint density at radius 3 is 2.49 bits per heavy atom. The quantitative estimate of drug-likeness (QED) is 0.538. The Kier molecular flexibility index (Phi) is 5.93. The summed E-state index contributed by atoms with van der Waals surface area (Å²) in [6.07, 6.45) is 3.28. The maximum absolute atomic E-state index is 13.5. The van der Waals surface area contributed by atoms with Crippen LogP contribution in [0.15, 0.2) is 65.8 Å². The molecule has 0 radical (unpaired) electrons. The number of fused-ring (bicyclic) bond motifs is 1. The minimum absolute atomic E-state index is 0.0969. The summed E-state index contributed by atoms with van der Waals surface area (Å²) in [6, 6.07) is 17.6. The minimum Gasteiger partial charge on any atom is -0.336 e. The highest BCUT2D eigenvalue weighted by Crippen LogP contribution is 2.43. The van der Waals surface area contributed by atoms with E-state index in [9.17, 15) is 13.2 Å². The first kappa shape index (κ1) is 22.9. The summed E-state index contributed by atoms with van der Waals surface area (Å²) < 4.78 is 28.5. The lowest BCUT2D eigenvalue weighted by atomic mass is 10.1. The standard InChI is InChI=1S/C25H19N5O3S2/c26-11-17-4-6-19(7-5-17)22-13-28-14-23-24(22)34-9-8-30(23)35(32,33)21-15-29(16-21)25(31)20-3-1-2-18(10-20)12-27/h1-7,10,13-14,21H,8-9,15-16H2. The van der Waals surface area contributed by atoms with E-state index in [4.69, 9.17) is 10.5 Å². The largest absolute Gasteiger partial charge is 0.336 e. The van der Waals surface area contributed by atoms with Crippen LogP contribution in [0.2, 0.25) is 0 Å². The van der Waals surface area contributed by atoms with Gasteiger partial charge in [0.15, 0.2) is 0 Å². The lowest BCUT2D eigenvalue weighted by Crippen LogP contribution is -2.60. The zero-order valence-electron chi connectivity index (χ0n) is 18.5. The average molecular weight is 502 g/mol. The number of likely N-dealkylation sites (tertiary alicyclic amines) is 1. The third-order valence-electron chi connectivity index (χ3n) is 6.11. The summed E-state index contributed by atoms with van der Waals surface area (Å²) in [6.45, 7) is 0.520. The smallest absolute Gasteiger partial charge is 0.253 e. The number of amides is 1. The van der Waals surface area contributed by atoms with E-state index in [0.717, 1.165) is 16.0 Å². The van der Waals surface area contributed by atoms with Crippen LogP contribution in [0, 0.1) is 22.7 Å². The van der Waals surface area contributed by atoms with Gasteiger partial charge in [0, 0.05) is 47.6 Å². The molecule has 5 rings (SSSR count).